The Balaban J connectivity index is 1.81. The van der Waals surface area contributed by atoms with E-state index in [4.69, 9.17) is 10.6 Å². The molecule has 0 radical (unpaired) electrons. The van der Waals surface area contributed by atoms with Gasteiger partial charge in [-0.15, -0.1) is 0 Å². The summed E-state index contributed by atoms with van der Waals surface area (Å²) < 4.78 is 0. The lowest BCUT2D eigenvalue weighted by atomic mass is 10.0. The fourth-order valence-electron chi connectivity index (χ4n) is 1.91. The van der Waals surface area contributed by atoms with E-state index in [0.717, 1.165) is 16.7 Å². The zero-order chi connectivity index (χ0) is 14.2. The molecule has 104 valence electrons. The summed E-state index contributed by atoms with van der Waals surface area (Å²) in [6.07, 6.45) is 0.266. The third-order valence-electron chi connectivity index (χ3n) is 2.96. The average molecular weight is 270 g/mol. The van der Waals surface area contributed by atoms with Crippen LogP contribution in [0.25, 0.3) is 0 Å². The predicted molar refractivity (Wildman–Crippen MR) is 77.4 cm³/mol. The molecule has 2 rings (SSSR count). The smallest absolute Gasteiger partial charge is 0.247 e. The van der Waals surface area contributed by atoms with Gasteiger partial charge in [-0.25, -0.2) is 5.48 Å². The van der Waals surface area contributed by atoms with E-state index in [1.807, 2.05) is 54.6 Å². The van der Waals surface area contributed by atoms with Crippen LogP contribution in [0.2, 0.25) is 0 Å². The summed E-state index contributed by atoms with van der Waals surface area (Å²) >= 11 is 0. The van der Waals surface area contributed by atoms with Gasteiger partial charge in [-0.2, -0.15) is 0 Å². The zero-order valence-electron chi connectivity index (χ0n) is 11.2. The van der Waals surface area contributed by atoms with Crippen molar-refractivity contribution in [3.63, 3.8) is 0 Å². The molecule has 0 aromatic heterocycles. The highest BCUT2D eigenvalue weighted by atomic mass is 16.6. The van der Waals surface area contributed by atoms with E-state index in [-0.39, 0.29) is 12.3 Å². The molecule has 3 N–H and O–H groups in total. The predicted octanol–water partition coefficient (Wildman–Crippen LogP) is 1.94. The van der Waals surface area contributed by atoms with Crippen molar-refractivity contribution in [1.82, 2.24) is 5.48 Å². The maximum atomic E-state index is 11.8. The van der Waals surface area contributed by atoms with Crippen LogP contribution < -0.4 is 11.2 Å². The third kappa shape index (κ3) is 4.19. The summed E-state index contributed by atoms with van der Waals surface area (Å²) in [5.74, 6) is -0.179. The lowest BCUT2D eigenvalue weighted by molar-refractivity contribution is -0.133. The lowest BCUT2D eigenvalue weighted by Crippen LogP contribution is -2.25. The van der Waals surface area contributed by atoms with E-state index >= 15 is 0 Å². The highest BCUT2D eigenvalue weighted by Crippen LogP contribution is 2.08. The Morgan fingerprint density at radius 1 is 1.00 bits per heavy atom. The van der Waals surface area contributed by atoms with Crippen molar-refractivity contribution < 1.29 is 9.63 Å². The monoisotopic (exact) mass is 270 g/mol. The normalized spacial score (nSPS) is 10.2. The highest BCUT2D eigenvalue weighted by molar-refractivity contribution is 5.77. The quantitative estimate of drug-likeness (QED) is 0.788. The van der Waals surface area contributed by atoms with Gasteiger partial charge in [0.15, 0.2) is 0 Å². The second kappa shape index (κ2) is 7.43. The summed E-state index contributed by atoms with van der Waals surface area (Å²) in [6, 6.07) is 17.3. The number of nitrogens with one attached hydrogen (secondary N) is 1. The number of amides is 1. The molecule has 1 amide bonds. The number of carbonyl (C=O) groups is 1. The average Bonchev–Trinajstić information content (AvgIpc) is 2.49. The minimum absolute atomic E-state index is 0.179. The van der Waals surface area contributed by atoms with Crippen molar-refractivity contribution in [2.24, 2.45) is 5.73 Å². The molecule has 0 atom stereocenters. The first-order chi connectivity index (χ1) is 9.79. The molecular formula is C16H18N2O2. The number of nitrogens with two attached hydrogens (primary N) is 1. The fraction of sp³-hybridized carbons (Fsp3) is 0.188. The molecule has 0 aliphatic heterocycles. The standard InChI is InChI=1S/C16H18N2O2/c17-11-15-9-5-4-8-14(15)10-16(19)18-20-12-13-6-2-1-3-7-13/h1-9H,10-12,17H2,(H,18,19). The summed E-state index contributed by atoms with van der Waals surface area (Å²) in [4.78, 5) is 17.0. The van der Waals surface area contributed by atoms with Crippen LogP contribution in [0.4, 0.5) is 0 Å². The van der Waals surface area contributed by atoms with Crippen LogP contribution in [-0.4, -0.2) is 5.91 Å². The van der Waals surface area contributed by atoms with Gasteiger partial charge >= 0.3 is 0 Å². The van der Waals surface area contributed by atoms with Crippen molar-refractivity contribution in [2.45, 2.75) is 19.6 Å². The fourth-order valence-corrected chi connectivity index (χ4v) is 1.91. The number of benzene rings is 2. The van der Waals surface area contributed by atoms with Crippen LogP contribution >= 0.6 is 0 Å². The molecule has 0 aliphatic carbocycles. The molecule has 0 fully saturated rings. The van der Waals surface area contributed by atoms with Gasteiger partial charge < -0.3 is 5.73 Å². The van der Waals surface area contributed by atoms with Crippen molar-refractivity contribution in [3.05, 3.63) is 71.3 Å². The first-order valence-corrected chi connectivity index (χ1v) is 6.51. The van der Waals surface area contributed by atoms with Crippen LogP contribution in [0, 0.1) is 0 Å². The van der Waals surface area contributed by atoms with E-state index in [9.17, 15) is 4.79 Å². The van der Waals surface area contributed by atoms with Crippen LogP contribution in [-0.2, 0) is 29.2 Å². The van der Waals surface area contributed by atoms with Crippen molar-refractivity contribution in [2.75, 3.05) is 0 Å². The molecule has 2 aromatic rings. The minimum Gasteiger partial charge on any atom is -0.326 e. The van der Waals surface area contributed by atoms with Gasteiger partial charge in [0.2, 0.25) is 5.91 Å². The van der Waals surface area contributed by atoms with Crippen LogP contribution in [0.15, 0.2) is 54.6 Å². The van der Waals surface area contributed by atoms with Crippen molar-refractivity contribution in [3.8, 4) is 0 Å². The zero-order valence-corrected chi connectivity index (χ0v) is 11.2. The molecule has 0 heterocycles. The second-order valence-corrected chi connectivity index (χ2v) is 4.45. The van der Waals surface area contributed by atoms with E-state index in [2.05, 4.69) is 5.48 Å². The number of rotatable bonds is 6. The molecule has 0 saturated heterocycles. The van der Waals surface area contributed by atoms with E-state index in [1.54, 1.807) is 0 Å². The molecule has 2 aromatic carbocycles. The number of hydrogen-bond acceptors (Lipinski definition) is 3. The van der Waals surface area contributed by atoms with Gasteiger partial charge in [-0.1, -0.05) is 54.6 Å². The molecule has 0 saturated carbocycles. The molecule has 0 spiro atoms. The first kappa shape index (κ1) is 14.2. The maximum Gasteiger partial charge on any atom is 0.247 e. The van der Waals surface area contributed by atoms with E-state index in [0.29, 0.717) is 13.2 Å². The van der Waals surface area contributed by atoms with Gasteiger partial charge in [0.25, 0.3) is 0 Å². The molecule has 4 nitrogen and oxygen atoms in total. The molecule has 20 heavy (non-hydrogen) atoms. The first-order valence-electron chi connectivity index (χ1n) is 6.51. The Kier molecular flexibility index (Phi) is 5.29. The highest BCUT2D eigenvalue weighted by Gasteiger charge is 2.06. The Labute approximate surface area is 118 Å². The summed E-state index contributed by atoms with van der Waals surface area (Å²) in [5.41, 5.74) is 11.0. The molecule has 4 heteroatoms. The molecule has 0 bridgehead atoms. The lowest BCUT2D eigenvalue weighted by Gasteiger charge is -2.08. The van der Waals surface area contributed by atoms with Crippen LogP contribution in [0.5, 0.6) is 0 Å². The largest absolute Gasteiger partial charge is 0.326 e. The number of carbonyl (C=O) groups excluding carboxylic acids is 1. The van der Waals surface area contributed by atoms with E-state index < -0.39 is 0 Å². The second-order valence-electron chi connectivity index (χ2n) is 4.45. The topological polar surface area (TPSA) is 64.4 Å². The van der Waals surface area contributed by atoms with Gasteiger partial charge in [-0.05, 0) is 16.7 Å². The molecule has 0 aliphatic rings. The maximum absolute atomic E-state index is 11.8. The summed E-state index contributed by atoms with van der Waals surface area (Å²) in [6.45, 7) is 0.777. The van der Waals surface area contributed by atoms with Gasteiger partial charge in [-0.3, -0.25) is 9.63 Å². The Bertz CT molecular complexity index is 555. The molecule has 0 unspecified atom stereocenters. The SMILES string of the molecule is NCc1ccccc1CC(=O)NOCc1ccccc1. The minimum atomic E-state index is -0.179. The molecular weight excluding hydrogens is 252 g/mol. The van der Waals surface area contributed by atoms with Crippen LogP contribution in [0.1, 0.15) is 16.7 Å². The third-order valence-corrected chi connectivity index (χ3v) is 2.96. The van der Waals surface area contributed by atoms with Gasteiger partial charge in [0.05, 0.1) is 13.0 Å². The van der Waals surface area contributed by atoms with Crippen LogP contribution in [0.3, 0.4) is 0 Å². The summed E-state index contributed by atoms with van der Waals surface area (Å²) in [5, 5.41) is 0. The van der Waals surface area contributed by atoms with Gasteiger partial charge in [0.1, 0.15) is 0 Å². The van der Waals surface area contributed by atoms with Gasteiger partial charge in [0, 0.05) is 6.54 Å². The summed E-state index contributed by atoms with van der Waals surface area (Å²) in [7, 11) is 0. The van der Waals surface area contributed by atoms with E-state index in [1.165, 1.54) is 0 Å². The Hall–Kier alpha value is -2.17. The Morgan fingerprint density at radius 2 is 1.65 bits per heavy atom. The van der Waals surface area contributed by atoms with Crippen molar-refractivity contribution in [1.29, 1.82) is 0 Å². The van der Waals surface area contributed by atoms with Crippen molar-refractivity contribution >= 4 is 5.91 Å². The number of hydrogen-bond donors (Lipinski definition) is 2. The number of hydroxylamine groups is 1. The Morgan fingerprint density at radius 3 is 2.35 bits per heavy atom.